The van der Waals surface area contributed by atoms with Crippen molar-refractivity contribution in [2.45, 2.75) is 19.4 Å². The van der Waals surface area contributed by atoms with Gasteiger partial charge in [0.1, 0.15) is 0 Å². The maximum atomic E-state index is 12.5. The van der Waals surface area contributed by atoms with Crippen LogP contribution in [0.2, 0.25) is 0 Å². The van der Waals surface area contributed by atoms with E-state index in [9.17, 15) is 18.0 Å². The number of Topliss-reactive ketones (excluding diaryl/α,β-unsaturated/α-hetero) is 1. The number of carbonyl (C=O) groups excluding carboxylic acids is 2. The van der Waals surface area contributed by atoms with Crippen LogP contribution in [0.15, 0.2) is 36.7 Å². The smallest absolute Gasteiger partial charge is 0.257 e. The Morgan fingerprint density at radius 2 is 1.89 bits per heavy atom. The number of ketones is 1. The van der Waals surface area contributed by atoms with E-state index in [1.807, 2.05) is 0 Å². The van der Waals surface area contributed by atoms with Gasteiger partial charge in [0.05, 0.1) is 17.1 Å². The van der Waals surface area contributed by atoms with Crippen LogP contribution in [0.5, 0.6) is 0 Å². The summed E-state index contributed by atoms with van der Waals surface area (Å²) in [6, 6.07) is 6.62. The number of amides is 1. The molecule has 1 aliphatic heterocycles. The summed E-state index contributed by atoms with van der Waals surface area (Å²) in [5, 5.41) is 2.98. The summed E-state index contributed by atoms with van der Waals surface area (Å²) in [5.74, 6) is 0.0222. The highest BCUT2D eigenvalue weighted by Gasteiger charge is 2.33. The van der Waals surface area contributed by atoms with Gasteiger partial charge in [0, 0.05) is 36.7 Å². The van der Waals surface area contributed by atoms with Gasteiger partial charge in [-0.25, -0.2) is 18.4 Å². The molecular formula is C18H20N4O4S. The molecule has 0 saturated carbocycles. The van der Waals surface area contributed by atoms with Gasteiger partial charge in [-0.3, -0.25) is 9.59 Å². The molecule has 2 heterocycles. The maximum absolute atomic E-state index is 12.5. The molecule has 1 aromatic heterocycles. The summed E-state index contributed by atoms with van der Waals surface area (Å²) in [7, 11) is -1.48. The van der Waals surface area contributed by atoms with Gasteiger partial charge in [-0.05, 0) is 25.5 Å². The van der Waals surface area contributed by atoms with E-state index in [2.05, 4.69) is 15.3 Å². The first-order valence-corrected chi connectivity index (χ1v) is 10.2. The average Bonchev–Trinajstić information content (AvgIpc) is 3.01. The number of carbonyl (C=O) groups is 2. The molecule has 1 unspecified atom stereocenters. The summed E-state index contributed by atoms with van der Waals surface area (Å²) >= 11 is 0. The molecule has 1 fully saturated rings. The Morgan fingerprint density at radius 3 is 2.48 bits per heavy atom. The van der Waals surface area contributed by atoms with E-state index in [0.29, 0.717) is 23.6 Å². The molecule has 142 valence electrons. The highest BCUT2D eigenvalue weighted by Crippen LogP contribution is 2.19. The highest BCUT2D eigenvalue weighted by atomic mass is 32.2. The van der Waals surface area contributed by atoms with Crippen molar-refractivity contribution >= 4 is 33.2 Å². The Hall–Kier alpha value is -2.81. The molecule has 1 aromatic carbocycles. The number of nitrogens with zero attached hydrogens (tertiary/aromatic N) is 3. The second-order valence-corrected chi connectivity index (χ2v) is 8.76. The normalized spacial score (nSPS) is 18.1. The Labute approximate surface area is 157 Å². The molecule has 0 radical (unpaired) electrons. The summed E-state index contributed by atoms with van der Waals surface area (Å²) in [6.07, 6.45) is 3.23. The first kappa shape index (κ1) is 19.0. The molecule has 0 spiro atoms. The zero-order valence-corrected chi connectivity index (χ0v) is 15.9. The standard InChI is InChI=1S/C18H20N4O4S/c1-12(23)13-4-3-5-15(8-13)21-18-19-9-14(10-20-18)17(24)22(2)16-6-7-27(25,26)11-16/h3-5,8-10,16H,6-7,11H2,1-2H3,(H,19,20,21). The lowest BCUT2D eigenvalue weighted by Gasteiger charge is -2.23. The lowest BCUT2D eigenvalue weighted by molar-refractivity contribution is 0.0746. The number of benzene rings is 1. The molecule has 1 atom stereocenters. The Morgan fingerprint density at radius 1 is 1.19 bits per heavy atom. The third-order valence-corrected chi connectivity index (χ3v) is 6.25. The highest BCUT2D eigenvalue weighted by molar-refractivity contribution is 7.91. The van der Waals surface area contributed by atoms with Crippen molar-refractivity contribution < 1.29 is 18.0 Å². The monoisotopic (exact) mass is 388 g/mol. The van der Waals surface area contributed by atoms with Crippen LogP contribution in [0.1, 0.15) is 34.1 Å². The molecule has 8 nitrogen and oxygen atoms in total. The third kappa shape index (κ3) is 4.48. The second kappa shape index (κ2) is 7.43. The van der Waals surface area contributed by atoms with Gasteiger partial charge in [0.15, 0.2) is 15.6 Å². The average molecular weight is 388 g/mol. The number of anilines is 2. The van der Waals surface area contributed by atoms with Crippen molar-refractivity contribution in [2.24, 2.45) is 0 Å². The maximum Gasteiger partial charge on any atom is 0.257 e. The first-order chi connectivity index (χ1) is 12.7. The van der Waals surface area contributed by atoms with E-state index in [1.165, 1.54) is 24.2 Å². The van der Waals surface area contributed by atoms with E-state index in [0.717, 1.165) is 0 Å². The summed E-state index contributed by atoms with van der Waals surface area (Å²) in [6.45, 7) is 1.49. The second-order valence-electron chi connectivity index (χ2n) is 6.53. The van der Waals surface area contributed by atoms with Crippen molar-refractivity contribution in [1.82, 2.24) is 14.9 Å². The van der Waals surface area contributed by atoms with Gasteiger partial charge in [0.2, 0.25) is 5.95 Å². The third-order valence-electron chi connectivity index (χ3n) is 4.50. The minimum absolute atomic E-state index is 0.0117. The Kier molecular flexibility index (Phi) is 5.22. The molecule has 1 amide bonds. The largest absolute Gasteiger partial charge is 0.338 e. The fourth-order valence-corrected chi connectivity index (χ4v) is 4.67. The van der Waals surface area contributed by atoms with Crippen molar-refractivity contribution in [3.05, 3.63) is 47.8 Å². The van der Waals surface area contributed by atoms with Crippen molar-refractivity contribution in [3.8, 4) is 0 Å². The van der Waals surface area contributed by atoms with Gasteiger partial charge in [-0.15, -0.1) is 0 Å². The molecule has 2 aromatic rings. The summed E-state index contributed by atoms with van der Waals surface area (Å²) in [4.78, 5) is 33.7. The number of hydrogen-bond acceptors (Lipinski definition) is 7. The zero-order chi connectivity index (χ0) is 19.6. The summed E-state index contributed by atoms with van der Waals surface area (Å²) < 4.78 is 23.2. The Balaban J connectivity index is 1.69. The van der Waals surface area contributed by atoms with E-state index >= 15 is 0 Å². The SMILES string of the molecule is CC(=O)c1cccc(Nc2ncc(C(=O)N(C)C3CCS(=O)(=O)C3)cn2)c1. The molecule has 1 N–H and O–H groups in total. The van der Waals surface area contributed by atoms with Crippen molar-refractivity contribution in [2.75, 3.05) is 23.9 Å². The first-order valence-electron chi connectivity index (χ1n) is 8.43. The molecule has 0 bridgehead atoms. The van der Waals surface area contributed by atoms with Gasteiger partial charge >= 0.3 is 0 Å². The molecular weight excluding hydrogens is 368 g/mol. The topological polar surface area (TPSA) is 109 Å². The van der Waals surface area contributed by atoms with Gasteiger partial charge in [-0.2, -0.15) is 0 Å². The molecule has 9 heteroatoms. The fraction of sp³-hybridized carbons (Fsp3) is 0.333. The van der Waals surface area contributed by atoms with Crippen LogP contribution in [-0.4, -0.2) is 59.6 Å². The van der Waals surface area contributed by atoms with Crippen LogP contribution in [0, 0.1) is 0 Å². The number of rotatable bonds is 5. The zero-order valence-electron chi connectivity index (χ0n) is 15.0. The van der Waals surface area contributed by atoms with E-state index < -0.39 is 9.84 Å². The van der Waals surface area contributed by atoms with E-state index in [4.69, 9.17) is 0 Å². The lowest BCUT2D eigenvalue weighted by Crippen LogP contribution is -2.37. The Bertz CT molecular complexity index is 973. The van der Waals surface area contributed by atoms with Gasteiger partial charge in [-0.1, -0.05) is 12.1 Å². The number of hydrogen-bond donors (Lipinski definition) is 1. The van der Waals surface area contributed by atoms with E-state index in [1.54, 1.807) is 31.3 Å². The number of sulfone groups is 1. The van der Waals surface area contributed by atoms with Crippen LogP contribution in [0.3, 0.4) is 0 Å². The predicted octanol–water partition coefficient (Wildman–Crippen LogP) is 1.68. The fourth-order valence-electron chi connectivity index (χ4n) is 2.90. The molecule has 0 aliphatic carbocycles. The van der Waals surface area contributed by atoms with Crippen molar-refractivity contribution in [1.29, 1.82) is 0 Å². The van der Waals surface area contributed by atoms with E-state index in [-0.39, 0.29) is 34.8 Å². The van der Waals surface area contributed by atoms with Crippen LogP contribution >= 0.6 is 0 Å². The minimum atomic E-state index is -3.07. The molecule has 1 aliphatic rings. The molecule has 3 rings (SSSR count). The van der Waals surface area contributed by atoms with Crippen LogP contribution in [0.25, 0.3) is 0 Å². The minimum Gasteiger partial charge on any atom is -0.338 e. The van der Waals surface area contributed by atoms with Crippen LogP contribution < -0.4 is 5.32 Å². The lowest BCUT2D eigenvalue weighted by atomic mass is 10.1. The van der Waals surface area contributed by atoms with Crippen LogP contribution in [-0.2, 0) is 9.84 Å². The van der Waals surface area contributed by atoms with Crippen molar-refractivity contribution in [3.63, 3.8) is 0 Å². The number of nitrogens with one attached hydrogen (secondary N) is 1. The van der Waals surface area contributed by atoms with Gasteiger partial charge < -0.3 is 10.2 Å². The molecule has 27 heavy (non-hydrogen) atoms. The number of aromatic nitrogens is 2. The predicted molar refractivity (Wildman–Crippen MR) is 101 cm³/mol. The summed E-state index contributed by atoms with van der Waals surface area (Å²) in [5.41, 5.74) is 1.51. The van der Waals surface area contributed by atoms with Crippen LogP contribution in [0.4, 0.5) is 11.6 Å². The quantitative estimate of drug-likeness (QED) is 0.776. The molecule has 1 saturated heterocycles. The van der Waals surface area contributed by atoms with Gasteiger partial charge in [0.25, 0.3) is 5.91 Å².